The summed E-state index contributed by atoms with van der Waals surface area (Å²) < 4.78 is 27.5. The van der Waals surface area contributed by atoms with E-state index in [4.69, 9.17) is 5.26 Å². The first-order chi connectivity index (χ1) is 9.15. The summed E-state index contributed by atoms with van der Waals surface area (Å²) >= 11 is 1.42. The van der Waals surface area contributed by atoms with Crippen LogP contribution in [0.5, 0.6) is 0 Å². The molecule has 0 radical (unpaired) electrons. The monoisotopic (exact) mass is 279 g/mol. The van der Waals surface area contributed by atoms with Crippen LogP contribution in [0.25, 0.3) is 0 Å². The maximum Gasteiger partial charge on any atom is 0.150 e. The average Bonchev–Trinajstić information content (AvgIpc) is 2.91. The van der Waals surface area contributed by atoms with Crippen LogP contribution >= 0.6 is 11.3 Å². The van der Waals surface area contributed by atoms with Gasteiger partial charge in [-0.2, -0.15) is 5.26 Å². The van der Waals surface area contributed by atoms with Crippen LogP contribution in [0.15, 0.2) is 23.7 Å². The van der Waals surface area contributed by atoms with Gasteiger partial charge in [-0.1, -0.05) is 6.92 Å². The van der Waals surface area contributed by atoms with Crippen molar-refractivity contribution in [3.63, 3.8) is 0 Å². The highest BCUT2D eigenvalue weighted by Crippen LogP contribution is 2.28. The molecule has 3 nitrogen and oxygen atoms in total. The van der Waals surface area contributed by atoms with Gasteiger partial charge in [-0.05, 0) is 18.6 Å². The van der Waals surface area contributed by atoms with Crippen LogP contribution in [0.2, 0.25) is 0 Å². The maximum absolute atomic E-state index is 13.8. The average molecular weight is 279 g/mol. The van der Waals surface area contributed by atoms with Gasteiger partial charge >= 0.3 is 0 Å². The summed E-state index contributed by atoms with van der Waals surface area (Å²) in [5.41, 5.74) is -0.260. The minimum atomic E-state index is -0.772. The van der Waals surface area contributed by atoms with Crippen molar-refractivity contribution in [2.24, 2.45) is 0 Å². The van der Waals surface area contributed by atoms with E-state index in [1.54, 1.807) is 12.3 Å². The van der Waals surface area contributed by atoms with Gasteiger partial charge in [0.2, 0.25) is 0 Å². The molecule has 1 atom stereocenters. The smallest absolute Gasteiger partial charge is 0.150 e. The van der Waals surface area contributed by atoms with Gasteiger partial charge in [-0.15, -0.1) is 11.3 Å². The van der Waals surface area contributed by atoms with E-state index in [-0.39, 0.29) is 17.3 Å². The second-order valence-corrected chi connectivity index (χ2v) is 4.83. The van der Waals surface area contributed by atoms with Crippen LogP contribution in [0.4, 0.5) is 14.5 Å². The topological polar surface area (TPSA) is 48.7 Å². The highest BCUT2D eigenvalue weighted by molar-refractivity contribution is 7.09. The van der Waals surface area contributed by atoms with Gasteiger partial charge in [-0.3, -0.25) is 0 Å². The summed E-state index contributed by atoms with van der Waals surface area (Å²) in [5, 5.41) is 14.0. The largest absolute Gasteiger partial charge is 0.371 e. The molecule has 0 aliphatic heterocycles. The zero-order chi connectivity index (χ0) is 13.8. The Bertz CT molecular complexity index is 582. The lowest BCUT2D eigenvalue weighted by molar-refractivity contribution is 0.580. The summed E-state index contributed by atoms with van der Waals surface area (Å²) in [6.07, 6.45) is 2.29. The normalized spacial score (nSPS) is 11.9. The van der Waals surface area contributed by atoms with Gasteiger partial charge in [0.25, 0.3) is 0 Å². The van der Waals surface area contributed by atoms with E-state index in [2.05, 4.69) is 10.3 Å². The number of halogens is 2. The zero-order valence-electron chi connectivity index (χ0n) is 10.2. The Kier molecular flexibility index (Phi) is 4.07. The first kappa shape index (κ1) is 13.4. The van der Waals surface area contributed by atoms with E-state index < -0.39 is 11.6 Å². The van der Waals surface area contributed by atoms with Gasteiger partial charge in [0, 0.05) is 11.6 Å². The predicted octanol–water partition coefficient (Wildman–Crippen LogP) is 3.86. The molecule has 1 heterocycles. The molecule has 0 fully saturated rings. The first-order valence-electron chi connectivity index (χ1n) is 5.70. The molecular weight excluding hydrogens is 268 g/mol. The van der Waals surface area contributed by atoms with Crippen molar-refractivity contribution in [3.8, 4) is 6.07 Å². The fraction of sp³-hybridized carbons (Fsp3) is 0.231. The van der Waals surface area contributed by atoms with Crippen LogP contribution < -0.4 is 5.32 Å². The third kappa shape index (κ3) is 2.88. The number of thiazole rings is 1. The number of anilines is 1. The summed E-state index contributed by atoms with van der Waals surface area (Å²) in [6, 6.07) is 3.49. The van der Waals surface area contributed by atoms with E-state index in [1.165, 1.54) is 11.3 Å². The molecular formula is C13H11F2N3S. The fourth-order valence-corrected chi connectivity index (χ4v) is 2.47. The van der Waals surface area contributed by atoms with Crippen molar-refractivity contribution in [2.45, 2.75) is 19.4 Å². The number of hydrogen-bond donors (Lipinski definition) is 1. The Hall–Kier alpha value is -2.00. The first-order valence-corrected chi connectivity index (χ1v) is 6.58. The molecule has 0 aliphatic rings. The minimum Gasteiger partial charge on any atom is -0.371 e. The molecule has 0 spiro atoms. The van der Waals surface area contributed by atoms with Crippen LogP contribution in [-0.2, 0) is 0 Å². The van der Waals surface area contributed by atoms with Crippen LogP contribution in [0.3, 0.4) is 0 Å². The lowest BCUT2D eigenvalue weighted by atomic mass is 10.1. The summed E-state index contributed by atoms with van der Waals surface area (Å²) in [7, 11) is 0. The lowest BCUT2D eigenvalue weighted by Gasteiger charge is -2.17. The molecule has 2 rings (SSSR count). The third-order valence-electron chi connectivity index (χ3n) is 2.65. The molecule has 0 saturated carbocycles. The SMILES string of the molecule is CCC(Nc1c(F)cc(C#N)cc1F)c1nccs1. The number of hydrogen-bond acceptors (Lipinski definition) is 4. The van der Waals surface area contributed by atoms with Crippen LogP contribution in [0, 0.1) is 23.0 Å². The molecule has 0 amide bonds. The van der Waals surface area contributed by atoms with Crippen molar-refractivity contribution < 1.29 is 8.78 Å². The van der Waals surface area contributed by atoms with Gasteiger partial charge in [0.15, 0.2) is 11.6 Å². The van der Waals surface area contributed by atoms with E-state index in [1.807, 2.05) is 12.3 Å². The van der Waals surface area contributed by atoms with Crippen molar-refractivity contribution in [2.75, 3.05) is 5.32 Å². The molecule has 98 valence electrons. The maximum atomic E-state index is 13.8. The summed E-state index contributed by atoms with van der Waals surface area (Å²) in [5.74, 6) is -1.54. The number of rotatable bonds is 4. The lowest BCUT2D eigenvalue weighted by Crippen LogP contribution is -2.12. The molecule has 6 heteroatoms. The van der Waals surface area contributed by atoms with Crippen molar-refractivity contribution in [3.05, 3.63) is 45.9 Å². The Labute approximate surface area is 113 Å². The van der Waals surface area contributed by atoms with E-state index in [9.17, 15) is 8.78 Å². The molecule has 0 bridgehead atoms. The molecule has 0 aliphatic carbocycles. The summed E-state index contributed by atoms with van der Waals surface area (Å²) in [6.45, 7) is 1.90. The highest BCUT2D eigenvalue weighted by Gasteiger charge is 2.17. The van der Waals surface area contributed by atoms with Crippen molar-refractivity contribution in [1.29, 1.82) is 5.26 Å². The van der Waals surface area contributed by atoms with Gasteiger partial charge in [-0.25, -0.2) is 13.8 Å². The van der Waals surface area contributed by atoms with Gasteiger partial charge in [0.1, 0.15) is 10.7 Å². The van der Waals surface area contributed by atoms with Gasteiger partial charge in [0.05, 0.1) is 17.7 Å². The molecule has 0 saturated heterocycles. The van der Waals surface area contributed by atoms with Gasteiger partial charge < -0.3 is 5.32 Å². The van der Waals surface area contributed by atoms with E-state index in [0.717, 1.165) is 17.1 Å². The number of nitrogens with one attached hydrogen (secondary N) is 1. The van der Waals surface area contributed by atoms with E-state index >= 15 is 0 Å². The Morgan fingerprint density at radius 2 is 2.11 bits per heavy atom. The van der Waals surface area contributed by atoms with Crippen LogP contribution in [0.1, 0.15) is 30.0 Å². The molecule has 1 unspecified atom stereocenters. The Balaban J connectivity index is 2.30. The highest BCUT2D eigenvalue weighted by atomic mass is 32.1. The second-order valence-electron chi connectivity index (χ2n) is 3.90. The van der Waals surface area contributed by atoms with Crippen molar-refractivity contribution >= 4 is 17.0 Å². The predicted molar refractivity (Wildman–Crippen MR) is 69.8 cm³/mol. The van der Waals surface area contributed by atoms with Crippen LogP contribution in [-0.4, -0.2) is 4.98 Å². The fourth-order valence-electron chi connectivity index (χ4n) is 1.69. The molecule has 1 aromatic heterocycles. The Morgan fingerprint density at radius 3 is 2.58 bits per heavy atom. The molecule has 1 aromatic carbocycles. The minimum absolute atomic E-state index is 0.0390. The number of aromatic nitrogens is 1. The van der Waals surface area contributed by atoms with E-state index in [0.29, 0.717) is 6.42 Å². The quantitative estimate of drug-likeness (QED) is 0.924. The standard InChI is InChI=1S/C13H11F2N3S/c1-2-11(13-17-3-4-19-13)18-12-9(14)5-8(7-16)6-10(12)15/h3-6,11,18H,2H2,1H3. The number of nitrogens with zero attached hydrogens (tertiary/aromatic N) is 2. The zero-order valence-corrected chi connectivity index (χ0v) is 11.0. The Morgan fingerprint density at radius 1 is 1.42 bits per heavy atom. The molecule has 1 N–H and O–H groups in total. The second kappa shape index (κ2) is 5.76. The summed E-state index contributed by atoms with van der Waals surface area (Å²) in [4.78, 5) is 4.14. The molecule has 2 aromatic rings. The number of benzene rings is 1. The molecule has 19 heavy (non-hydrogen) atoms. The number of nitriles is 1. The third-order valence-corrected chi connectivity index (χ3v) is 3.54. The van der Waals surface area contributed by atoms with Crippen molar-refractivity contribution in [1.82, 2.24) is 4.98 Å².